The van der Waals surface area contributed by atoms with Crippen molar-refractivity contribution in [3.05, 3.63) is 57.6 Å². The lowest BCUT2D eigenvalue weighted by atomic mass is 10.2. The normalized spacial score (nSPS) is 11.2. The largest absolute Gasteiger partial charge is 0.446 e. The van der Waals surface area contributed by atoms with Crippen molar-refractivity contribution >= 4 is 52.6 Å². The molecule has 0 aliphatic heterocycles. The average molecular weight is 445 g/mol. The van der Waals surface area contributed by atoms with Gasteiger partial charge >= 0.3 is 11.5 Å². The van der Waals surface area contributed by atoms with Gasteiger partial charge in [0.15, 0.2) is 0 Å². The fraction of sp³-hybridized carbons (Fsp3) is 0.0667. The first-order chi connectivity index (χ1) is 12.5. The number of alkyl halides is 3. The van der Waals surface area contributed by atoms with Crippen LogP contribution in [-0.2, 0) is 0 Å². The lowest BCUT2D eigenvalue weighted by Crippen LogP contribution is -2.35. The molecule has 2 aromatic carbocycles. The van der Waals surface area contributed by atoms with Gasteiger partial charge in [0.1, 0.15) is 11.6 Å². The molecule has 12 heteroatoms. The monoisotopic (exact) mass is 444 g/mol. The highest BCUT2D eigenvalue weighted by Crippen LogP contribution is 2.40. The summed E-state index contributed by atoms with van der Waals surface area (Å²) in [6.45, 7) is 0. The van der Waals surface area contributed by atoms with Gasteiger partial charge in [-0.25, -0.2) is 13.6 Å². The average Bonchev–Trinajstić information content (AvgIpc) is 2.49. The van der Waals surface area contributed by atoms with Crippen molar-refractivity contribution in [1.82, 2.24) is 5.32 Å². The van der Waals surface area contributed by atoms with E-state index in [0.29, 0.717) is 6.07 Å². The molecule has 3 amide bonds. The Hall–Kier alpha value is -2.04. The van der Waals surface area contributed by atoms with Gasteiger partial charge in [0, 0.05) is 4.90 Å². The summed E-state index contributed by atoms with van der Waals surface area (Å²) in [6, 6.07) is 3.39. The standard InChI is InChI=1S/C15H7Cl2F5N2O2S/c16-7-2-1-3-9(18)11(7)13(25)24-14(26)23-12-8(17)4-6(5-10(12)19)27-15(20,21)22/h1-5H,(H2,23,24,25,26). The Balaban J connectivity index is 2.15. The first kappa shape index (κ1) is 21.3. The summed E-state index contributed by atoms with van der Waals surface area (Å²) in [7, 11) is 0. The van der Waals surface area contributed by atoms with E-state index < -0.39 is 62.0 Å². The number of carbonyl (C=O) groups is 2. The number of hydrogen-bond donors (Lipinski definition) is 2. The molecule has 4 nitrogen and oxygen atoms in total. The van der Waals surface area contributed by atoms with Crippen molar-refractivity contribution in [3.63, 3.8) is 0 Å². The number of rotatable bonds is 3. The van der Waals surface area contributed by atoms with Crippen molar-refractivity contribution in [2.45, 2.75) is 10.4 Å². The van der Waals surface area contributed by atoms with E-state index in [1.54, 1.807) is 5.32 Å². The zero-order valence-corrected chi connectivity index (χ0v) is 15.1. The number of amides is 3. The molecule has 0 saturated carbocycles. The summed E-state index contributed by atoms with van der Waals surface area (Å²) in [5.41, 5.74) is -5.93. The molecule has 0 unspecified atom stereocenters. The van der Waals surface area contributed by atoms with E-state index in [1.807, 2.05) is 5.32 Å². The minimum absolute atomic E-state index is 0.266. The second-order valence-corrected chi connectivity index (χ2v) is 6.77. The van der Waals surface area contributed by atoms with Gasteiger partial charge in [0.25, 0.3) is 5.91 Å². The lowest BCUT2D eigenvalue weighted by molar-refractivity contribution is -0.0328. The third-order valence-corrected chi connectivity index (χ3v) is 4.22. The molecule has 27 heavy (non-hydrogen) atoms. The molecule has 0 spiro atoms. The molecule has 0 heterocycles. The van der Waals surface area contributed by atoms with Gasteiger partial charge in [-0.15, -0.1) is 0 Å². The van der Waals surface area contributed by atoms with Gasteiger partial charge in [0.05, 0.1) is 21.3 Å². The molecule has 0 atom stereocenters. The maximum atomic E-state index is 14.0. The summed E-state index contributed by atoms with van der Waals surface area (Å²) in [4.78, 5) is 23.2. The molecular weight excluding hydrogens is 438 g/mol. The Morgan fingerprint density at radius 3 is 2.22 bits per heavy atom. The number of halogens is 7. The topological polar surface area (TPSA) is 58.2 Å². The van der Waals surface area contributed by atoms with Crippen LogP contribution in [0.15, 0.2) is 35.2 Å². The predicted molar refractivity (Wildman–Crippen MR) is 91.2 cm³/mol. The highest BCUT2D eigenvalue weighted by Gasteiger charge is 2.30. The van der Waals surface area contributed by atoms with Crippen LogP contribution in [0.3, 0.4) is 0 Å². The molecule has 2 aromatic rings. The minimum Gasteiger partial charge on any atom is -0.304 e. The number of urea groups is 1. The molecule has 2 rings (SSSR count). The molecule has 0 aliphatic carbocycles. The van der Waals surface area contributed by atoms with E-state index in [1.165, 1.54) is 12.1 Å². The first-order valence-corrected chi connectivity index (χ1v) is 8.36. The van der Waals surface area contributed by atoms with E-state index >= 15 is 0 Å². The predicted octanol–water partition coefficient (Wildman–Crippen LogP) is 5.85. The fourth-order valence-electron chi connectivity index (χ4n) is 1.89. The molecule has 0 bridgehead atoms. The molecule has 144 valence electrons. The van der Waals surface area contributed by atoms with Crippen LogP contribution < -0.4 is 10.6 Å². The maximum absolute atomic E-state index is 14.0. The van der Waals surface area contributed by atoms with E-state index in [-0.39, 0.29) is 5.02 Å². The summed E-state index contributed by atoms with van der Waals surface area (Å²) >= 11 is 10.8. The third-order valence-electron chi connectivity index (χ3n) is 2.90. The van der Waals surface area contributed by atoms with Gasteiger partial charge in [-0.2, -0.15) is 13.2 Å². The van der Waals surface area contributed by atoms with Crippen LogP contribution in [0.1, 0.15) is 10.4 Å². The van der Waals surface area contributed by atoms with Crippen LogP contribution in [0.2, 0.25) is 10.0 Å². The van der Waals surface area contributed by atoms with E-state index in [4.69, 9.17) is 23.2 Å². The summed E-state index contributed by atoms with van der Waals surface area (Å²) in [6.07, 6.45) is 0. The molecule has 0 saturated heterocycles. The van der Waals surface area contributed by atoms with Gasteiger partial charge in [-0.05, 0) is 36.0 Å². The molecule has 2 N–H and O–H groups in total. The highest BCUT2D eigenvalue weighted by molar-refractivity contribution is 8.00. The van der Waals surface area contributed by atoms with Crippen molar-refractivity contribution < 1.29 is 31.5 Å². The van der Waals surface area contributed by atoms with Crippen molar-refractivity contribution in [3.8, 4) is 0 Å². The van der Waals surface area contributed by atoms with Gasteiger partial charge < -0.3 is 5.32 Å². The number of benzene rings is 2. The van der Waals surface area contributed by atoms with Gasteiger partial charge in [-0.3, -0.25) is 10.1 Å². The first-order valence-electron chi connectivity index (χ1n) is 6.79. The number of carbonyl (C=O) groups excluding carboxylic acids is 2. The van der Waals surface area contributed by atoms with Crippen molar-refractivity contribution in [2.75, 3.05) is 5.32 Å². The van der Waals surface area contributed by atoms with E-state index in [2.05, 4.69) is 0 Å². The summed E-state index contributed by atoms with van der Waals surface area (Å²) in [5, 5.41) is 2.78. The molecular formula is C15H7Cl2F5N2O2S. The SMILES string of the molecule is O=C(NC(=O)c1c(F)cccc1Cl)Nc1c(F)cc(SC(F)(F)F)cc1Cl. The number of thioether (sulfide) groups is 1. The lowest BCUT2D eigenvalue weighted by Gasteiger charge is -2.12. The van der Waals surface area contributed by atoms with E-state index in [0.717, 1.165) is 12.1 Å². The molecule has 0 aliphatic rings. The maximum Gasteiger partial charge on any atom is 0.446 e. The number of hydrogen-bond acceptors (Lipinski definition) is 3. The number of nitrogens with one attached hydrogen (secondary N) is 2. The minimum atomic E-state index is -4.66. The van der Waals surface area contributed by atoms with Crippen LogP contribution in [0.4, 0.5) is 32.4 Å². The zero-order valence-electron chi connectivity index (χ0n) is 12.8. The number of anilines is 1. The highest BCUT2D eigenvalue weighted by atomic mass is 35.5. The van der Waals surface area contributed by atoms with Crippen molar-refractivity contribution in [2.24, 2.45) is 0 Å². The second-order valence-electron chi connectivity index (χ2n) is 4.81. The van der Waals surface area contributed by atoms with Crippen LogP contribution in [0.25, 0.3) is 0 Å². The Kier molecular flexibility index (Phi) is 6.55. The zero-order chi connectivity index (χ0) is 20.4. The molecule has 0 aromatic heterocycles. The van der Waals surface area contributed by atoms with Crippen LogP contribution in [0.5, 0.6) is 0 Å². The van der Waals surface area contributed by atoms with Crippen LogP contribution >= 0.6 is 35.0 Å². The second kappa shape index (κ2) is 8.32. The van der Waals surface area contributed by atoms with Crippen molar-refractivity contribution in [1.29, 1.82) is 0 Å². The Labute approximate surface area is 163 Å². The Morgan fingerprint density at radius 2 is 1.67 bits per heavy atom. The third kappa shape index (κ3) is 5.72. The quantitative estimate of drug-likeness (QED) is 0.461. The van der Waals surface area contributed by atoms with Crippen LogP contribution in [-0.4, -0.2) is 17.4 Å². The smallest absolute Gasteiger partial charge is 0.304 e. The molecule has 0 radical (unpaired) electrons. The number of imide groups is 1. The van der Waals surface area contributed by atoms with Crippen LogP contribution in [0, 0.1) is 11.6 Å². The van der Waals surface area contributed by atoms with Gasteiger partial charge in [-0.1, -0.05) is 29.3 Å². The molecule has 0 fully saturated rings. The fourth-order valence-corrected chi connectivity index (χ4v) is 3.06. The summed E-state index contributed by atoms with van der Waals surface area (Å²) < 4.78 is 64.6. The van der Waals surface area contributed by atoms with Gasteiger partial charge in [0.2, 0.25) is 0 Å². The van der Waals surface area contributed by atoms with E-state index in [9.17, 15) is 31.5 Å². The Bertz CT molecular complexity index is 865. The Morgan fingerprint density at radius 1 is 1.00 bits per heavy atom. The summed E-state index contributed by atoms with van der Waals surface area (Å²) in [5.74, 6) is -3.47.